The van der Waals surface area contributed by atoms with Crippen molar-refractivity contribution in [2.75, 3.05) is 13.2 Å². The van der Waals surface area contributed by atoms with Crippen molar-refractivity contribution < 1.29 is 14.3 Å². The van der Waals surface area contributed by atoms with Crippen LogP contribution in [0, 0.1) is 0 Å². The standard InChI is InChI=1S/C17H20N2O3/c1-12-6-4-5-9-19(12)16(20)11-22-17(21)15-10-13-7-2-3-8-14(13)18-15/h2-3,7-8,10,12,18H,4-6,9,11H2,1H3/t12-/m0/s1. The molecule has 2 heterocycles. The normalized spacial score (nSPS) is 18.4. The Hall–Kier alpha value is -2.30. The molecule has 1 aliphatic rings. The van der Waals surface area contributed by atoms with Gasteiger partial charge in [0, 0.05) is 23.5 Å². The van der Waals surface area contributed by atoms with Crippen molar-refractivity contribution in [3.05, 3.63) is 36.0 Å². The monoisotopic (exact) mass is 300 g/mol. The number of rotatable bonds is 3. The molecule has 0 spiro atoms. The van der Waals surface area contributed by atoms with Gasteiger partial charge in [-0.25, -0.2) is 4.79 Å². The van der Waals surface area contributed by atoms with Crippen molar-refractivity contribution in [2.45, 2.75) is 32.2 Å². The van der Waals surface area contributed by atoms with Crippen LogP contribution in [0.4, 0.5) is 0 Å². The molecule has 116 valence electrons. The highest BCUT2D eigenvalue weighted by atomic mass is 16.5. The molecular weight excluding hydrogens is 280 g/mol. The van der Waals surface area contributed by atoms with Crippen molar-refractivity contribution in [1.29, 1.82) is 0 Å². The minimum atomic E-state index is -0.491. The first-order chi connectivity index (χ1) is 10.6. The quantitative estimate of drug-likeness (QED) is 0.887. The third-order valence-electron chi connectivity index (χ3n) is 4.20. The molecule has 5 heteroatoms. The number of amides is 1. The number of aromatic amines is 1. The maximum Gasteiger partial charge on any atom is 0.355 e. The van der Waals surface area contributed by atoms with Crippen LogP contribution in [0.25, 0.3) is 10.9 Å². The molecule has 1 aromatic heterocycles. The van der Waals surface area contributed by atoms with E-state index < -0.39 is 5.97 Å². The predicted molar refractivity (Wildman–Crippen MR) is 83.6 cm³/mol. The van der Waals surface area contributed by atoms with Gasteiger partial charge in [0.2, 0.25) is 0 Å². The molecule has 0 radical (unpaired) electrons. The van der Waals surface area contributed by atoms with Crippen LogP contribution in [0.1, 0.15) is 36.7 Å². The largest absolute Gasteiger partial charge is 0.451 e. The van der Waals surface area contributed by atoms with Gasteiger partial charge in [0.05, 0.1) is 0 Å². The second-order valence-corrected chi connectivity index (χ2v) is 5.78. The average Bonchev–Trinajstić information content (AvgIpc) is 2.97. The molecule has 0 bridgehead atoms. The molecule has 3 rings (SSSR count). The Kier molecular flexibility index (Phi) is 4.13. The number of esters is 1. The Labute approximate surface area is 129 Å². The van der Waals surface area contributed by atoms with Crippen LogP contribution in [0.15, 0.2) is 30.3 Å². The first-order valence-corrected chi connectivity index (χ1v) is 7.69. The Balaban J connectivity index is 1.60. The van der Waals surface area contributed by atoms with E-state index >= 15 is 0 Å². The fraction of sp³-hybridized carbons (Fsp3) is 0.412. The SMILES string of the molecule is C[C@H]1CCCCN1C(=O)COC(=O)c1cc2ccccc2[nH]1. The summed E-state index contributed by atoms with van der Waals surface area (Å²) in [6.07, 6.45) is 3.19. The number of likely N-dealkylation sites (tertiary alicyclic amines) is 1. The van der Waals surface area contributed by atoms with Crippen LogP contribution in [0.2, 0.25) is 0 Å². The van der Waals surface area contributed by atoms with E-state index in [0.717, 1.165) is 36.7 Å². The van der Waals surface area contributed by atoms with Gasteiger partial charge in [-0.1, -0.05) is 18.2 Å². The molecule has 0 aliphatic carbocycles. The second kappa shape index (κ2) is 6.22. The number of aromatic nitrogens is 1. The zero-order chi connectivity index (χ0) is 15.5. The third kappa shape index (κ3) is 2.98. The van der Waals surface area contributed by atoms with E-state index in [-0.39, 0.29) is 18.6 Å². The Morgan fingerprint density at radius 1 is 1.32 bits per heavy atom. The first-order valence-electron chi connectivity index (χ1n) is 7.69. The lowest BCUT2D eigenvalue weighted by Gasteiger charge is -2.33. The van der Waals surface area contributed by atoms with Gasteiger partial charge in [0.1, 0.15) is 5.69 Å². The molecule has 1 aliphatic heterocycles. The highest BCUT2D eigenvalue weighted by Crippen LogP contribution is 2.17. The second-order valence-electron chi connectivity index (χ2n) is 5.78. The van der Waals surface area contributed by atoms with Crippen LogP contribution >= 0.6 is 0 Å². The number of benzene rings is 1. The van der Waals surface area contributed by atoms with Crippen LogP contribution < -0.4 is 0 Å². The van der Waals surface area contributed by atoms with Crippen LogP contribution in [-0.2, 0) is 9.53 Å². The predicted octanol–water partition coefficient (Wildman–Crippen LogP) is 2.73. The average molecular weight is 300 g/mol. The summed E-state index contributed by atoms with van der Waals surface area (Å²) in [4.78, 5) is 29.0. The molecule has 1 amide bonds. The number of nitrogens with zero attached hydrogens (tertiary/aromatic N) is 1. The summed E-state index contributed by atoms with van der Waals surface area (Å²) in [7, 11) is 0. The molecule has 1 aromatic carbocycles. The Bertz CT molecular complexity index is 659. The number of H-pyrrole nitrogens is 1. The number of nitrogens with one attached hydrogen (secondary N) is 1. The first kappa shape index (κ1) is 14.6. The van der Waals surface area contributed by atoms with Gasteiger partial charge in [0.25, 0.3) is 5.91 Å². The fourth-order valence-corrected chi connectivity index (χ4v) is 2.94. The number of ether oxygens (including phenoxy) is 1. The number of carbonyl (C=O) groups is 2. The lowest BCUT2D eigenvalue weighted by atomic mass is 10.0. The molecule has 0 unspecified atom stereocenters. The van der Waals surface area contributed by atoms with Crippen molar-refractivity contribution in [1.82, 2.24) is 9.88 Å². The van der Waals surface area contributed by atoms with E-state index in [1.165, 1.54) is 0 Å². The minimum Gasteiger partial charge on any atom is -0.451 e. The van der Waals surface area contributed by atoms with Crippen LogP contribution in [0.5, 0.6) is 0 Å². The summed E-state index contributed by atoms with van der Waals surface area (Å²) in [5.74, 6) is -0.606. The van der Waals surface area contributed by atoms with Crippen molar-refractivity contribution in [3.8, 4) is 0 Å². The Morgan fingerprint density at radius 3 is 2.91 bits per heavy atom. The lowest BCUT2D eigenvalue weighted by Crippen LogP contribution is -2.44. The van der Waals surface area contributed by atoms with Gasteiger partial charge < -0.3 is 14.6 Å². The molecule has 5 nitrogen and oxygen atoms in total. The molecule has 1 saturated heterocycles. The summed E-state index contributed by atoms with van der Waals surface area (Å²) in [5, 5.41) is 0.949. The molecule has 0 saturated carbocycles. The smallest absolute Gasteiger partial charge is 0.355 e. The Morgan fingerprint density at radius 2 is 2.14 bits per heavy atom. The lowest BCUT2D eigenvalue weighted by molar-refractivity contribution is -0.137. The summed E-state index contributed by atoms with van der Waals surface area (Å²) in [6, 6.07) is 9.59. The van der Waals surface area contributed by atoms with E-state index in [1.807, 2.05) is 36.1 Å². The zero-order valence-electron chi connectivity index (χ0n) is 12.7. The molecule has 2 aromatic rings. The highest BCUT2D eigenvalue weighted by molar-refractivity contribution is 5.95. The fourth-order valence-electron chi connectivity index (χ4n) is 2.94. The number of fused-ring (bicyclic) bond motifs is 1. The molecule has 22 heavy (non-hydrogen) atoms. The van der Waals surface area contributed by atoms with E-state index in [0.29, 0.717) is 5.69 Å². The number of carbonyl (C=O) groups excluding carboxylic acids is 2. The topological polar surface area (TPSA) is 62.4 Å². The summed E-state index contributed by atoms with van der Waals surface area (Å²) in [6.45, 7) is 2.60. The minimum absolute atomic E-state index is 0.114. The number of piperidine rings is 1. The number of para-hydroxylation sites is 1. The molecular formula is C17H20N2O3. The van der Waals surface area contributed by atoms with Gasteiger partial charge in [-0.3, -0.25) is 4.79 Å². The zero-order valence-corrected chi connectivity index (χ0v) is 12.7. The maximum atomic E-state index is 12.2. The number of hydrogen-bond acceptors (Lipinski definition) is 3. The van der Waals surface area contributed by atoms with Crippen LogP contribution in [0.3, 0.4) is 0 Å². The third-order valence-corrected chi connectivity index (χ3v) is 4.20. The molecule has 1 atom stereocenters. The maximum absolute atomic E-state index is 12.2. The summed E-state index contributed by atoms with van der Waals surface area (Å²) >= 11 is 0. The summed E-state index contributed by atoms with van der Waals surface area (Å²) in [5.41, 5.74) is 1.26. The van der Waals surface area contributed by atoms with Crippen LogP contribution in [-0.4, -0.2) is 41.0 Å². The van der Waals surface area contributed by atoms with Crippen molar-refractivity contribution >= 4 is 22.8 Å². The molecule has 1 fully saturated rings. The van der Waals surface area contributed by atoms with Gasteiger partial charge in [-0.2, -0.15) is 0 Å². The van der Waals surface area contributed by atoms with Crippen molar-refractivity contribution in [3.63, 3.8) is 0 Å². The van der Waals surface area contributed by atoms with E-state index in [1.54, 1.807) is 6.07 Å². The molecule has 1 N–H and O–H groups in total. The van der Waals surface area contributed by atoms with Gasteiger partial charge in [-0.15, -0.1) is 0 Å². The highest BCUT2D eigenvalue weighted by Gasteiger charge is 2.24. The van der Waals surface area contributed by atoms with E-state index in [9.17, 15) is 9.59 Å². The summed E-state index contributed by atoms with van der Waals surface area (Å²) < 4.78 is 5.16. The van der Waals surface area contributed by atoms with Crippen molar-refractivity contribution in [2.24, 2.45) is 0 Å². The number of hydrogen-bond donors (Lipinski definition) is 1. The van der Waals surface area contributed by atoms with Gasteiger partial charge in [-0.05, 0) is 38.3 Å². The van der Waals surface area contributed by atoms with E-state index in [2.05, 4.69) is 4.98 Å². The van der Waals surface area contributed by atoms with Gasteiger partial charge in [0.15, 0.2) is 6.61 Å². The van der Waals surface area contributed by atoms with Gasteiger partial charge >= 0.3 is 5.97 Å². The van der Waals surface area contributed by atoms with E-state index in [4.69, 9.17) is 4.74 Å².